The number of hydrogen-bond donors (Lipinski definition) is 2. The first-order valence-corrected chi connectivity index (χ1v) is 11.2. The molecule has 0 aliphatic heterocycles. The van der Waals surface area contributed by atoms with Gasteiger partial charge in [0, 0.05) is 24.2 Å². The Labute approximate surface area is 185 Å². The van der Waals surface area contributed by atoms with E-state index in [1.54, 1.807) is 24.3 Å². The molecule has 2 amide bonds. The standard InChI is InChI=1S/C25H34N2O4/c1-3-5-16-30-22-12-7-10-20(18-22)24(28)26-14-9-15-27-25(29)21-11-8-13-23(19-21)31-17-6-4-2/h7-8,10-13,18-19H,3-6,9,14-17H2,1-2H3,(H,26,28)(H,27,29). The van der Waals surface area contributed by atoms with Gasteiger partial charge in [0.05, 0.1) is 13.2 Å². The Morgan fingerprint density at radius 3 is 1.58 bits per heavy atom. The molecule has 2 aromatic carbocycles. The van der Waals surface area contributed by atoms with Crippen molar-refractivity contribution in [1.29, 1.82) is 0 Å². The van der Waals surface area contributed by atoms with Crippen LogP contribution in [0.1, 0.15) is 66.7 Å². The van der Waals surface area contributed by atoms with Crippen LogP contribution in [0.4, 0.5) is 0 Å². The Bertz CT molecular complexity index is 755. The van der Waals surface area contributed by atoms with Gasteiger partial charge in [0.15, 0.2) is 0 Å². The second kappa shape index (κ2) is 14.1. The van der Waals surface area contributed by atoms with Crippen molar-refractivity contribution >= 4 is 11.8 Å². The highest BCUT2D eigenvalue weighted by atomic mass is 16.5. The molecule has 31 heavy (non-hydrogen) atoms. The largest absolute Gasteiger partial charge is 0.494 e. The molecule has 168 valence electrons. The minimum atomic E-state index is -0.149. The van der Waals surface area contributed by atoms with Crippen LogP contribution in [0.3, 0.4) is 0 Å². The molecule has 0 saturated carbocycles. The lowest BCUT2D eigenvalue weighted by molar-refractivity contribution is 0.0951. The lowest BCUT2D eigenvalue weighted by Crippen LogP contribution is -2.29. The van der Waals surface area contributed by atoms with Gasteiger partial charge in [0.25, 0.3) is 11.8 Å². The summed E-state index contributed by atoms with van der Waals surface area (Å²) in [5, 5.41) is 5.76. The van der Waals surface area contributed by atoms with Gasteiger partial charge in [0.2, 0.25) is 0 Å². The van der Waals surface area contributed by atoms with Gasteiger partial charge in [-0.3, -0.25) is 9.59 Å². The van der Waals surface area contributed by atoms with Gasteiger partial charge in [-0.25, -0.2) is 0 Å². The molecule has 6 heteroatoms. The van der Waals surface area contributed by atoms with E-state index in [0.717, 1.165) is 25.7 Å². The van der Waals surface area contributed by atoms with Gasteiger partial charge in [-0.05, 0) is 55.7 Å². The second-order valence-corrected chi connectivity index (χ2v) is 7.33. The van der Waals surface area contributed by atoms with E-state index in [-0.39, 0.29) is 11.8 Å². The van der Waals surface area contributed by atoms with Crippen molar-refractivity contribution < 1.29 is 19.1 Å². The van der Waals surface area contributed by atoms with Gasteiger partial charge >= 0.3 is 0 Å². The Balaban J connectivity index is 1.69. The Kier molecular flexibility index (Phi) is 11.0. The van der Waals surface area contributed by atoms with Crippen molar-refractivity contribution in [2.45, 2.75) is 46.0 Å². The SMILES string of the molecule is CCCCOc1cccc(C(=O)NCCCNC(=O)c2cccc(OCCCC)c2)c1. The second-order valence-electron chi connectivity index (χ2n) is 7.33. The fourth-order valence-corrected chi connectivity index (χ4v) is 2.82. The van der Waals surface area contributed by atoms with Gasteiger partial charge in [-0.2, -0.15) is 0 Å². The molecule has 0 spiro atoms. The van der Waals surface area contributed by atoms with Crippen LogP contribution in [0, 0.1) is 0 Å². The highest BCUT2D eigenvalue weighted by molar-refractivity contribution is 5.95. The van der Waals surface area contributed by atoms with Crippen LogP contribution in [0.25, 0.3) is 0 Å². The van der Waals surface area contributed by atoms with Crippen molar-refractivity contribution in [3.8, 4) is 11.5 Å². The minimum absolute atomic E-state index is 0.149. The summed E-state index contributed by atoms with van der Waals surface area (Å²) < 4.78 is 11.3. The maximum absolute atomic E-state index is 12.3. The van der Waals surface area contributed by atoms with Crippen LogP contribution >= 0.6 is 0 Å². The number of carbonyl (C=O) groups is 2. The van der Waals surface area contributed by atoms with Crippen LogP contribution in [0.5, 0.6) is 11.5 Å². The summed E-state index contributed by atoms with van der Waals surface area (Å²) in [6.45, 7) is 6.45. The summed E-state index contributed by atoms with van der Waals surface area (Å²) in [6, 6.07) is 14.4. The first-order valence-electron chi connectivity index (χ1n) is 11.2. The normalized spacial score (nSPS) is 10.4. The van der Waals surface area contributed by atoms with Crippen molar-refractivity contribution in [3.63, 3.8) is 0 Å². The zero-order valence-corrected chi connectivity index (χ0v) is 18.6. The molecule has 0 unspecified atom stereocenters. The Hall–Kier alpha value is -3.02. The maximum atomic E-state index is 12.3. The molecule has 2 aromatic rings. The highest BCUT2D eigenvalue weighted by Gasteiger charge is 2.08. The summed E-state index contributed by atoms with van der Waals surface area (Å²) in [5.74, 6) is 1.11. The van der Waals surface area contributed by atoms with Gasteiger partial charge in [0.1, 0.15) is 11.5 Å². The van der Waals surface area contributed by atoms with E-state index in [2.05, 4.69) is 24.5 Å². The number of hydrogen-bond acceptors (Lipinski definition) is 4. The zero-order chi connectivity index (χ0) is 22.3. The van der Waals surface area contributed by atoms with Crippen LogP contribution in [-0.4, -0.2) is 38.1 Å². The van der Waals surface area contributed by atoms with Crippen molar-refractivity contribution in [3.05, 3.63) is 59.7 Å². The molecule has 2 rings (SSSR count). The summed E-state index contributed by atoms with van der Waals surface area (Å²) >= 11 is 0. The third kappa shape index (κ3) is 9.11. The molecule has 0 heterocycles. The third-order valence-electron chi connectivity index (χ3n) is 4.65. The molecule has 0 aliphatic carbocycles. The van der Waals surface area contributed by atoms with Gasteiger partial charge in [-0.15, -0.1) is 0 Å². The molecule has 0 aromatic heterocycles. The number of benzene rings is 2. The third-order valence-corrected chi connectivity index (χ3v) is 4.65. The number of unbranched alkanes of at least 4 members (excludes halogenated alkanes) is 2. The molecule has 0 aliphatic rings. The summed E-state index contributed by atoms with van der Waals surface area (Å²) in [4.78, 5) is 24.6. The van der Waals surface area contributed by atoms with Crippen molar-refractivity contribution in [2.24, 2.45) is 0 Å². The lowest BCUT2D eigenvalue weighted by Gasteiger charge is -2.10. The van der Waals surface area contributed by atoms with Crippen LogP contribution in [0.2, 0.25) is 0 Å². The first kappa shape index (κ1) is 24.3. The van der Waals surface area contributed by atoms with E-state index in [0.29, 0.717) is 55.4 Å². The maximum Gasteiger partial charge on any atom is 0.251 e. The fraction of sp³-hybridized carbons (Fsp3) is 0.440. The summed E-state index contributed by atoms with van der Waals surface area (Å²) in [6.07, 6.45) is 4.73. The summed E-state index contributed by atoms with van der Waals surface area (Å²) in [7, 11) is 0. The predicted molar refractivity (Wildman–Crippen MR) is 123 cm³/mol. The van der Waals surface area contributed by atoms with E-state index in [1.807, 2.05) is 24.3 Å². The van der Waals surface area contributed by atoms with Crippen LogP contribution in [-0.2, 0) is 0 Å². The molecule has 0 saturated heterocycles. The topological polar surface area (TPSA) is 76.7 Å². The van der Waals surface area contributed by atoms with E-state index < -0.39 is 0 Å². The van der Waals surface area contributed by atoms with Crippen molar-refractivity contribution in [2.75, 3.05) is 26.3 Å². The molecule has 0 atom stereocenters. The first-order chi connectivity index (χ1) is 15.1. The van der Waals surface area contributed by atoms with Gasteiger partial charge < -0.3 is 20.1 Å². The van der Waals surface area contributed by atoms with Gasteiger partial charge in [-0.1, -0.05) is 38.8 Å². The van der Waals surface area contributed by atoms with E-state index in [1.165, 1.54) is 0 Å². The highest BCUT2D eigenvalue weighted by Crippen LogP contribution is 2.15. The lowest BCUT2D eigenvalue weighted by atomic mass is 10.2. The predicted octanol–water partition coefficient (Wildman–Crippen LogP) is 4.59. The molecule has 6 nitrogen and oxygen atoms in total. The van der Waals surface area contributed by atoms with E-state index >= 15 is 0 Å². The number of carbonyl (C=O) groups excluding carboxylic acids is 2. The number of nitrogens with one attached hydrogen (secondary N) is 2. The van der Waals surface area contributed by atoms with Crippen molar-refractivity contribution in [1.82, 2.24) is 10.6 Å². The monoisotopic (exact) mass is 426 g/mol. The average molecular weight is 427 g/mol. The fourth-order valence-electron chi connectivity index (χ4n) is 2.82. The van der Waals surface area contributed by atoms with E-state index in [4.69, 9.17) is 9.47 Å². The Morgan fingerprint density at radius 1 is 0.710 bits per heavy atom. The number of ether oxygens (including phenoxy) is 2. The summed E-state index contributed by atoms with van der Waals surface area (Å²) in [5.41, 5.74) is 1.14. The molecule has 2 N–H and O–H groups in total. The van der Waals surface area contributed by atoms with Crippen LogP contribution in [0.15, 0.2) is 48.5 Å². The minimum Gasteiger partial charge on any atom is -0.494 e. The molecule has 0 radical (unpaired) electrons. The Morgan fingerprint density at radius 2 is 1.16 bits per heavy atom. The number of amides is 2. The number of rotatable bonds is 14. The average Bonchev–Trinajstić information content (AvgIpc) is 2.79. The van der Waals surface area contributed by atoms with E-state index in [9.17, 15) is 9.59 Å². The molecule has 0 bridgehead atoms. The molecular weight excluding hydrogens is 392 g/mol. The quantitative estimate of drug-likeness (QED) is 0.433. The zero-order valence-electron chi connectivity index (χ0n) is 18.6. The molecular formula is C25H34N2O4. The van der Waals surface area contributed by atoms with Crippen LogP contribution < -0.4 is 20.1 Å². The molecule has 0 fully saturated rings. The smallest absolute Gasteiger partial charge is 0.251 e.